The van der Waals surface area contributed by atoms with Crippen molar-refractivity contribution < 1.29 is 9.53 Å². The minimum Gasteiger partial charge on any atom is -0.372 e. The lowest BCUT2D eigenvalue weighted by Gasteiger charge is -2.35. The summed E-state index contributed by atoms with van der Waals surface area (Å²) in [5.74, 6) is 0.0300. The molecule has 1 aromatic heterocycles. The van der Waals surface area contributed by atoms with E-state index in [9.17, 15) is 4.79 Å². The second-order valence-corrected chi connectivity index (χ2v) is 7.17. The van der Waals surface area contributed by atoms with Crippen molar-refractivity contribution in [3.05, 3.63) is 51.8 Å². The van der Waals surface area contributed by atoms with Crippen molar-refractivity contribution in [1.82, 2.24) is 14.7 Å². The van der Waals surface area contributed by atoms with Gasteiger partial charge in [-0.15, -0.1) is 0 Å². The predicted molar refractivity (Wildman–Crippen MR) is 98.2 cm³/mol. The van der Waals surface area contributed by atoms with Gasteiger partial charge in [0, 0.05) is 23.8 Å². The molecule has 1 amide bonds. The summed E-state index contributed by atoms with van der Waals surface area (Å²) in [7, 11) is 0. The lowest BCUT2D eigenvalue weighted by Crippen LogP contribution is -2.48. The maximum Gasteiger partial charge on any atom is 0.257 e. The summed E-state index contributed by atoms with van der Waals surface area (Å²) in [5, 5.41) is 5.29. The number of carbonyl (C=O) groups is 1. The van der Waals surface area contributed by atoms with E-state index in [0.717, 1.165) is 17.0 Å². The Bertz CT molecular complexity index is 777. The molecule has 134 valence electrons. The van der Waals surface area contributed by atoms with Gasteiger partial charge in [0.25, 0.3) is 5.91 Å². The molecule has 3 rings (SSSR count). The van der Waals surface area contributed by atoms with Crippen LogP contribution in [0.1, 0.15) is 41.2 Å². The lowest BCUT2D eigenvalue weighted by atomic mass is 10.1. The van der Waals surface area contributed by atoms with Crippen LogP contribution in [0.25, 0.3) is 0 Å². The van der Waals surface area contributed by atoms with E-state index in [-0.39, 0.29) is 18.1 Å². The number of amides is 1. The molecule has 0 N–H and O–H groups in total. The highest BCUT2D eigenvalue weighted by molar-refractivity contribution is 6.31. The average Bonchev–Trinajstić information content (AvgIpc) is 2.82. The van der Waals surface area contributed by atoms with Gasteiger partial charge in [-0.25, -0.2) is 0 Å². The fourth-order valence-electron chi connectivity index (χ4n) is 3.45. The van der Waals surface area contributed by atoms with Crippen LogP contribution in [0.2, 0.25) is 5.02 Å². The van der Waals surface area contributed by atoms with Crippen molar-refractivity contribution in [2.45, 2.75) is 46.4 Å². The summed E-state index contributed by atoms with van der Waals surface area (Å²) >= 11 is 6.26. The zero-order valence-electron chi connectivity index (χ0n) is 15.1. The number of rotatable bonds is 3. The van der Waals surface area contributed by atoms with E-state index in [0.29, 0.717) is 30.2 Å². The number of nitrogens with zero attached hydrogens (tertiary/aromatic N) is 3. The molecule has 0 bridgehead atoms. The molecule has 1 fully saturated rings. The van der Waals surface area contributed by atoms with E-state index in [2.05, 4.69) is 5.10 Å². The van der Waals surface area contributed by atoms with E-state index >= 15 is 0 Å². The van der Waals surface area contributed by atoms with Crippen molar-refractivity contribution in [1.29, 1.82) is 0 Å². The third-order valence-electron chi connectivity index (χ3n) is 4.58. The van der Waals surface area contributed by atoms with E-state index < -0.39 is 0 Å². The Labute approximate surface area is 153 Å². The molecular formula is C19H24ClN3O2. The summed E-state index contributed by atoms with van der Waals surface area (Å²) in [5.41, 5.74) is 3.30. The quantitative estimate of drug-likeness (QED) is 0.841. The van der Waals surface area contributed by atoms with Gasteiger partial charge < -0.3 is 9.64 Å². The fourth-order valence-corrected chi connectivity index (χ4v) is 3.65. The number of halogens is 1. The second kappa shape index (κ2) is 7.18. The standard InChI is InChI=1S/C19H24ClN3O2/c1-12-9-22(10-13(2)25-12)19(24)18-14(3)21-23(15(18)4)11-16-7-5-6-8-17(16)20/h5-8,12-13H,9-11H2,1-4H3/t12-,13+. The topological polar surface area (TPSA) is 47.4 Å². The second-order valence-electron chi connectivity index (χ2n) is 6.76. The molecule has 1 aliphatic rings. The Hall–Kier alpha value is -1.85. The van der Waals surface area contributed by atoms with Crippen LogP contribution in [0.15, 0.2) is 24.3 Å². The minimum absolute atomic E-state index is 0.0300. The first-order chi connectivity index (χ1) is 11.9. The molecule has 0 unspecified atom stereocenters. The minimum atomic E-state index is 0.0300. The molecule has 0 saturated carbocycles. The van der Waals surface area contributed by atoms with Gasteiger partial charge in [0.1, 0.15) is 0 Å². The maximum atomic E-state index is 13.1. The van der Waals surface area contributed by atoms with Crippen molar-refractivity contribution in [3.63, 3.8) is 0 Å². The Morgan fingerprint density at radius 2 is 1.88 bits per heavy atom. The van der Waals surface area contributed by atoms with Crippen LogP contribution in [0.4, 0.5) is 0 Å². The molecule has 2 heterocycles. The van der Waals surface area contributed by atoms with Crippen molar-refractivity contribution in [3.8, 4) is 0 Å². The molecule has 6 heteroatoms. The van der Waals surface area contributed by atoms with Crippen LogP contribution < -0.4 is 0 Å². The van der Waals surface area contributed by atoms with Gasteiger partial charge in [0.15, 0.2) is 0 Å². The maximum absolute atomic E-state index is 13.1. The van der Waals surface area contributed by atoms with Crippen LogP contribution in [-0.2, 0) is 11.3 Å². The number of hydrogen-bond acceptors (Lipinski definition) is 3. The number of aromatic nitrogens is 2. The zero-order valence-corrected chi connectivity index (χ0v) is 15.9. The molecule has 1 aromatic carbocycles. The zero-order chi connectivity index (χ0) is 18.1. The molecule has 0 spiro atoms. The van der Waals surface area contributed by atoms with Gasteiger partial charge in [-0.1, -0.05) is 29.8 Å². The van der Waals surface area contributed by atoms with Crippen LogP contribution in [0, 0.1) is 13.8 Å². The largest absolute Gasteiger partial charge is 0.372 e. The number of ether oxygens (including phenoxy) is 1. The summed E-state index contributed by atoms with van der Waals surface area (Å²) in [6.45, 7) is 9.59. The summed E-state index contributed by atoms with van der Waals surface area (Å²) in [6.07, 6.45) is 0.0953. The Kier molecular flexibility index (Phi) is 5.16. The van der Waals surface area contributed by atoms with E-state index in [4.69, 9.17) is 16.3 Å². The van der Waals surface area contributed by atoms with Crippen molar-refractivity contribution >= 4 is 17.5 Å². The SMILES string of the molecule is Cc1nn(Cc2ccccc2Cl)c(C)c1C(=O)N1C[C@@H](C)O[C@@H](C)C1. The van der Waals surface area contributed by atoms with Crippen LogP contribution in [-0.4, -0.2) is 45.9 Å². The molecule has 0 aliphatic carbocycles. The third-order valence-corrected chi connectivity index (χ3v) is 4.95. The smallest absolute Gasteiger partial charge is 0.257 e. The Morgan fingerprint density at radius 3 is 2.52 bits per heavy atom. The number of hydrogen-bond donors (Lipinski definition) is 0. The summed E-state index contributed by atoms with van der Waals surface area (Å²) in [6, 6.07) is 7.70. The fraction of sp³-hybridized carbons (Fsp3) is 0.474. The number of aryl methyl sites for hydroxylation is 1. The van der Waals surface area contributed by atoms with E-state index in [1.807, 2.05) is 61.5 Å². The molecule has 1 aliphatic heterocycles. The average molecular weight is 362 g/mol. The highest BCUT2D eigenvalue weighted by atomic mass is 35.5. The van der Waals surface area contributed by atoms with Crippen molar-refractivity contribution in [2.24, 2.45) is 0 Å². The number of carbonyl (C=O) groups excluding carboxylic acids is 1. The van der Waals surface area contributed by atoms with Crippen LogP contribution in [0.5, 0.6) is 0 Å². The Balaban J connectivity index is 1.87. The molecule has 25 heavy (non-hydrogen) atoms. The molecular weight excluding hydrogens is 338 g/mol. The lowest BCUT2D eigenvalue weighted by molar-refractivity contribution is -0.0586. The first-order valence-corrected chi connectivity index (χ1v) is 8.96. The number of morpholine rings is 1. The van der Waals surface area contributed by atoms with Gasteiger partial charge in [-0.2, -0.15) is 5.10 Å². The van der Waals surface area contributed by atoms with Crippen LogP contribution in [0.3, 0.4) is 0 Å². The van der Waals surface area contributed by atoms with Gasteiger partial charge in [-0.05, 0) is 39.3 Å². The van der Waals surface area contributed by atoms with E-state index in [1.165, 1.54) is 0 Å². The van der Waals surface area contributed by atoms with E-state index in [1.54, 1.807) is 0 Å². The Morgan fingerprint density at radius 1 is 1.24 bits per heavy atom. The molecule has 2 aromatic rings. The molecule has 0 radical (unpaired) electrons. The molecule has 2 atom stereocenters. The van der Waals surface area contributed by atoms with Crippen LogP contribution >= 0.6 is 11.6 Å². The number of benzene rings is 1. The highest BCUT2D eigenvalue weighted by Crippen LogP contribution is 2.22. The van der Waals surface area contributed by atoms with Gasteiger partial charge >= 0.3 is 0 Å². The first kappa shape index (κ1) is 18.0. The summed E-state index contributed by atoms with van der Waals surface area (Å²) in [4.78, 5) is 14.9. The molecule has 1 saturated heterocycles. The van der Waals surface area contributed by atoms with Gasteiger partial charge in [-0.3, -0.25) is 9.48 Å². The normalized spacial score (nSPS) is 20.8. The van der Waals surface area contributed by atoms with Crippen molar-refractivity contribution in [2.75, 3.05) is 13.1 Å². The summed E-state index contributed by atoms with van der Waals surface area (Å²) < 4.78 is 7.59. The van der Waals surface area contributed by atoms with Gasteiger partial charge in [0.05, 0.1) is 30.0 Å². The highest BCUT2D eigenvalue weighted by Gasteiger charge is 2.30. The third kappa shape index (κ3) is 3.72. The predicted octanol–water partition coefficient (Wildman–Crippen LogP) is 3.45. The monoisotopic (exact) mass is 361 g/mol. The first-order valence-electron chi connectivity index (χ1n) is 8.59. The van der Waals surface area contributed by atoms with Gasteiger partial charge in [0.2, 0.25) is 0 Å². The molecule has 5 nitrogen and oxygen atoms in total.